The number of hydrogen-bond donors (Lipinski definition) is 4. The van der Waals surface area contributed by atoms with E-state index in [9.17, 15) is 14.5 Å². The monoisotopic (exact) mass is 605 g/mol. The molecule has 2 aliphatic rings. The third kappa shape index (κ3) is 6.10. The minimum Gasteiger partial charge on any atom is -0.465 e. The summed E-state index contributed by atoms with van der Waals surface area (Å²) in [4.78, 5) is 25.0. The number of carbonyl (C=O) groups is 1. The summed E-state index contributed by atoms with van der Waals surface area (Å²) in [6.45, 7) is 6.13. The van der Waals surface area contributed by atoms with Crippen LogP contribution in [0.5, 0.6) is 5.75 Å². The number of carbonyl (C=O) groups excluding carboxylic acids is 1. The fraction of sp³-hybridized carbons (Fsp3) is 0.462. The molecule has 0 radical (unpaired) electrons. The molecule has 5 rings (SSSR count). The lowest BCUT2D eigenvalue weighted by Gasteiger charge is -2.26. The van der Waals surface area contributed by atoms with Crippen molar-refractivity contribution >= 4 is 36.6 Å². The molecule has 2 fully saturated rings. The van der Waals surface area contributed by atoms with Gasteiger partial charge < -0.3 is 30.2 Å². The average molecular weight is 606 g/mol. The number of nitrogens with one attached hydrogen (secondary N) is 2. The molecule has 0 bridgehead atoms. The Labute approximate surface area is 241 Å². The van der Waals surface area contributed by atoms with Gasteiger partial charge in [0.1, 0.15) is 24.0 Å². The number of hydrogen-bond acceptors (Lipinski definition) is 12. The molecule has 0 unspecified atom stereocenters. The van der Waals surface area contributed by atoms with Gasteiger partial charge in [-0.25, -0.2) is 13.9 Å². The number of benzene rings is 1. The van der Waals surface area contributed by atoms with Crippen LogP contribution >= 0.6 is 7.75 Å². The lowest BCUT2D eigenvalue weighted by Crippen LogP contribution is -2.42. The van der Waals surface area contributed by atoms with Crippen LogP contribution in [0.25, 0.3) is 11.2 Å². The molecule has 3 heterocycles. The number of ether oxygens (including phenoxy) is 2. The molecule has 1 saturated heterocycles. The zero-order chi connectivity index (χ0) is 30.1. The highest BCUT2D eigenvalue weighted by Gasteiger charge is 2.57. The van der Waals surface area contributed by atoms with Gasteiger partial charge in [-0.2, -0.15) is 15.1 Å². The standard InChI is InChI=1S/C26H33FN7O7P/c1-4-26(27)20(35)18(13-39-42(37,33-15(3)23(36)38-5-2)41-17-9-7-6-8-10-17)40-24(26)34-14-29-19-21(30-16-11-12-16)31-25(28)32-22(19)34/h4,6-10,14-16,18,20,24,35H,1,5,11-13H2,2-3H3,(H,33,37)(H3,28,30,31,32)/t15-,18+,20+,24+,26+,42+/m0/s1. The van der Waals surface area contributed by atoms with E-state index in [0.717, 1.165) is 18.9 Å². The topological polar surface area (TPSA) is 185 Å². The van der Waals surface area contributed by atoms with Crippen LogP contribution in [0.4, 0.5) is 16.2 Å². The van der Waals surface area contributed by atoms with Crippen LogP contribution in [0.1, 0.15) is 32.9 Å². The first-order chi connectivity index (χ1) is 20.1. The van der Waals surface area contributed by atoms with E-state index in [-0.39, 0.29) is 30.0 Å². The maximum Gasteiger partial charge on any atom is 0.459 e. The predicted molar refractivity (Wildman–Crippen MR) is 150 cm³/mol. The molecule has 5 N–H and O–H groups in total. The number of imidazole rings is 1. The molecule has 0 spiro atoms. The number of aliphatic hydroxyl groups is 1. The summed E-state index contributed by atoms with van der Waals surface area (Å²) in [5.41, 5.74) is 3.91. The molecule has 1 aliphatic carbocycles. The van der Waals surface area contributed by atoms with Gasteiger partial charge in [0.2, 0.25) is 11.6 Å². The Morgan fingerprint density at radius 3 is 2.79 bits per heavy atom. The normalized spacial score (nSPS) is 26.0. The molecule has 3 aromatic rings. The zero-order valence-corrected chi connectivity index (χ0v) is 23.9. The van der Waals surface area contributed by atoms with Crippen LogP contribution in [-0.2, 0) is 23.4 Å². The Hall–Kier alpha value is -3.62. The highest BCUT2D eigenvalue weighted by molar-refractivity contribution is 7.52. The molecule has 1 saturated carbocycles. The number of aliphatic hydroxyl groups excluding tert-OH is 1. The van der Waals surface area contributed by atoms with E-state index in [1.165, 1.54) is 30.0 Å². The Morgan fingerprint density at radius 1 is 1.38 bits per heavy atom. The number of rotatable bonds is 13. The Balaban J connectivity index is 1.39. The second kappa shape index (κ2) is 11.9. The van der Waals surface area contributed by atoms with Crippen LogP contribution in [0.3, 0.4) is 0 Å². The molecule has 2 aromatic heterocycles. The van der Waals surface area contributed by atoms with Crippen molar-refractivity contribution in [1.82, 2.24) is 24.6 Å². The summed E-state index contributed by atoms with van der Waals surface area (Å²) in [5.74, 6) is -0.164. The fourth-order valence-corrected chi connectivity index (χ4v) is 5.97. The Morgan fingerprint density at radius 2 is 2.12 bits per heavy atom. The number of esters is 1. The molecule has 42 heavy (non-hydrogen) atoms. The first kappa shape index (κ1) is 29.9. The van der Waals surface area contributed by atoms with E-state index >= 15 is 4.39 Å². The van der Waals surface area contributed by atoms with Crippen LogP contribution in [0.15, 0.2) is 49.3 Å². The second-order valence-corrected chi connectivity index (χ2v) is 11.7. The molecule has 1 aromatic carbocycles. The number of aromatic nitrogens is 4. The smallest absolute Gasteiger partial charge is 0.459 e. The highest BCUT2D eigenvalue weighted by Crippen LogP contribution is 2.48. The largest absolute Gasteiger partial charge is 0.465 e. The van der Waals surface area contributed by atoms with E-state index in [0.29, 0.717) is 11.3 Å². The molecular formula is C26H33FN7O7P. The summed E-state index contributed by atoms with van der Waals surface area (Å²) in [6.07, 6.45) is -0.487. The third-order valence-corrected chi connectivity index (χ3v) is 8.42. The summed E-state index contributed by atoms with van der Waals surface area (Å²) < 4.78 is 53.6. The van der Waals surface area contributed by atoms with Crippen molar-refractivity contribution in [1.29, 1.82) is 0 Å². The minimum atomic E-state index is -4.30. The van der Waals surface area contributed by atoms with Gasteiger partial charge in [0.25, 0.3) is 0 Å². The van der Waals surface area contributed by atoms with E-state index in [4.69, 9.17) is 24.3 Å². The Bertz CT molecular complexity index is 1490. The van der Waals surface area contributed by atoms with Gasteiger partial charge in [0.15, 0.2) is 23.2 Å². The molecule has 1 aliphatic heterocycles. The van der Waals surface area contributed by atoms with Crippen LogP contribution in [0.2, 0.25) is 0 Å². The predicted octanol–water partition coefficient (Wildman–Crippen LogP) is 2.88. The number of nitrogens with two attached hydrogens (primary N) is 1. The molecule has 226 valence electrons. The van der Waals surface area contributed by atoms with E-state index in [1.807, 2.05) is 0 Å². The lowest BCUT2D eigenvalue weighted by atomic mass is 9.96. The number of halogens is 1. The van der Waals surface area contributed by atoms with E-state index in [2.05, 4.69) is 31.9 Å². The zero-order valence-electron chi connectivity index (χ0n) is 23.1. The van der Waals surface area contributed by atoms with Crippen LogP contribution < -0.4 is 20.7 Å². The van der Waals surface area contributed by atoms with Crippen LogP contribution in [0, 0.1) is 0 Å². The van der Waals surface area contributed by atoms with Crippen molar-refractivity contribution in [2.45, 2.75) is 62.9 Å². The summed E-state index contributed by atoms with van der Waals surface area (Å²) >= 11 is 0. The van der Waals surface area contributed by atoms with E-state index in [1.54, 1.807) is 25.1 Å². The first-order valence-corrected chi connectivity index (χ1v) is 15.0. The molecular weight excluding hydrogens is 572 g/mol. The quantitative estimate of drug-likeness (QED) is 0.127. The van der Waals surface area contributed by atoms with Gasteiger partial charge in [-0.3, -0.25) is 13.9 Å². The second-order valence-electron chi connectivity index (χ2n) is 9.98. The van der Waals surface area contributed by atoms with Gasteiger partial charge in [-0.05, 0) is 44.9 Å². The van der Waals surface area contributed by atoms with Gasteiger partial charge in [-0.15, -0.1) is 0 Å². The molecule has 0 amide bonds. The van der Waals surface area contributed by atoms with Crippen molar-refractivity contribution in [3.8, 4) is 5.75 Å². The number of nitrogens with zero attached hydrogens (tertiary/aromatic N) is 4. The maximum absolute atomic E-state index is 16.4. The summed E-state index contributed by atoms with van der Waals surface area (Å²) in [6, 6.07) is 7.27. The van der Waals surface area contributed by atoms with Gasteiger partial charge in [0, 0.05) is 6.04 Å². The van der Waals surface area contributed by atoms with Crippen molar-refractivity contribution in [2.75, 3.05) is 24.3 Å². The number of anilines is 2. The summed E-state index contributed by atoms with van der Waals surface area (Å²) in [5, 5.41) is 16.8. The van der Waals surface area contributed by atoms with Gasteiger partial charge >= 0.3 is 13.7 Å². The summed E-state index contributed by atoms with van der Waals surface area (Å²) in [7, 11) is -4.30. The Kier molecular flexibility index (Phi) is 8.49. The maximum atomic E-state index is 16.4. The molecule has 16 heteroatoms. The fourth-order valence-electron chi connectivity index (χ4n) is 4.47. The average Bonchev–Trinajstić information content (AvgIpc) is 3.62. The molecule has 14 nitrogen and oxygen atoms in total. The van der Waals surface area contributed by atoms with Crippen molar-refractivity contribution in [2.24, 2.45) is 0 Å². The number of para-hydroxylation sites is 1. The van der Waals surface area contributed by atoms with Crippen molar-refractivity contribution in [3.05, 3.63) is 49.3 Å². The number of alkyl halides is 1. The SMILES string of the molecule is C=C[C@@]1(F)[C@H](O)[C@@H](CO[P@](=O)(N[C@@H](C)C(=O)OCC)Oc2ccccc2)O[C@H]1n1cnc2c(NC3CC3)nc(N)nc21. The van der Waals surface area contributed by atoms with Crippen molar-refractivity contribution < 1.29 is 37.4 Å². The van der Waals surface area contributed by atoms with Crippen LogP contribution in [-0.4, -0.2) is 73.8 Å². The highest BCUT2D eigenvalue weighted by atomic mass is 31.2. The van der Waals surface area contributed by atoms with E-state index < -0.39 is 50.5 Å². The first-order valence-electron chi connectivity index (χ1n) is 13.4. The number of nitrogen functional groups attached to an aromatic ring is 1. The van der Waals surface area contributed by atoms with Gasteiger partial charge in [0.05, 0.1) is 19.5 Å². The van der Waals surface area contributed by atoms with Crippen molar-refractivity contribution in [3.63, 3.8) is 0 Å². The number of fused-ring (bicyclic) bond motifs is 1. The third-order valence-electron chi connectivity index (χ3n) is 6.78. The van der Waals surface area contributed by atoms with Gasteiger partial charge in [-0.1, -0.05) is 24.8 Å². The minimum absolute atomic E-state index is 0.0605. The molecule has 6 atom stereocenters. The lowest BCUT2D eigenvalue weighted by molar-refractivity contribution is -0.144.